The van der Waals surface area contributed by atoms with Crippen molar-refractivity contribution in [2.24, 2.45) is 0 Å². The SMILES string of the molecule is Cl.Oc1ccc(Cl)cc1/C=C1/SCc2cc3cc(Cl)ccc3[o+]c21. The predicted molar refractivity (Wildman–Crippen MR) is 105 cm³/mol. The highest BCUT2D eigenvalue weighted by molar-refractivity contribution is 8.08. The van der Waals surface area contributed by atoms with Gasteiger partial charge in [-0.3, -0.25) is 0 Å². The number of fused-ring (bicyclic) bond motifs is 2. The van der Waals surface area contributed by atoms with Crippen LogP contribution < -0.4 is 0 Å². The molecule has 0 radical (unpaired) electrons. The Kier molecular flexibility index (Phi) is 4.97. The molecule has 1 aliphatic rings. The maximum Gasteiger partial charge on any atom is 0.371 e. The molecule has 122 valence electrons. The highest BCUT2D eigenvalue weighted by Gasteiger charge is 2.30. The fourth-order valence-electron chi connectivity index (χ4n) is 2.58. The van der Waals surface area contributed by atoms with Crippen LogP contribution in [-0.2, 0) is 5.75 Å². The summed E-state index contributed by atoms with van der Waals surface area (Å²) in [6.07, 6.45) is 1.91. The number of thioether (sulfide) groups is 1. The fraction of sp³-hybridized carbons (Fsp3) is 0.0556. The number of rotatable bonds is 1. The Labute approximate surface area is 159 Å². The van der Waals surface area contributed by atoms with Crippen LogP contribution in [0.25, 0.3) is 22.0 Å². The lowest BCUT2D eigenvalue weighted by atomic mass is 10.1. The zero-order valence-corrected chi connectivity index (χ0v) is 15.4. The third kappa shape index (κ3) is 3.22. The Hall–Kier alpha value is -1.39. The van der Waals surface area contributed by atoms with Gasteiger partial charge in [0.2, 0.25) is 0 Å². The summed E-state index contributed by atoms with van der Waals surface area (Å²) >= 11 is 13.7. The molecule has 0 saturated heterocycles. The minimum atomic E-state index is 0. The van der Waals surface area contributed by atoms with Gasteiger partial charge in [0.15, 0.2) is 0 Å². The summed E-state index contributed by atoms with van der Waals surface area (Å²) in [7, 11) is 0. The van der Waals surface area contributed by atoms with Crippen LogP contribution in [0.1, 0.15) is 16.9 Å². The molecule has 0 fully saturated rings. The molecule has 0 saturated carbocycles. The van der Waals surface area contributed by atoms with E-state index in [9.17, 15) is 5.11 Å². The molecule has 24 heavy (non-hydrogen) atoms. The van der Waals surface area contributed by atoms with Gasteiger partial charge in [-0.25, -0.2) is 4.42 Å². The van der Waals surface area contributed by atoms with E-state index in [2.05, 4.69) is 6.07 Å². The van der Waals surface area contributed by atoms with E-state index in [1.54, 1.807) is 30.0 Å². The van der Waals surface area contributed by atoms with Gasteiger partial charge >= 0.3 is 11.3 Å². The Morgan fingerprint density at radius 3 is 2.62 bits per heavy atom. The fourth-order valence-corrected chi connectivity index (χ4v) is 3.98. The van der Waals surface area contributed by atoms with E-state index in [-0.39, 0.29) is 18.2 Å². The van der Waals surface area contributed by atoms with Crippen molar-refractivity contribution in [2.75, 3.05) is 0 Å². The van der Waals surface area contributed by atoms with Crippen molar-refractivity contribution >= 4 is 69.3 Å². The summed E-state index contributed by atoms with van der Waals surface area (Å²) < 4.78 is 6.05. The standard InChI is InChI=1S/C18H10Cl2O2S.ClH/c19-13-1-3-15(21)10(6-13)8-17-18-12(9-23-17)5-11-7-14(20)2-4-16(11)22-18;/h1-8H,9H2;1H/p+1/b17-8+;. The summed E-state index contributed by atoms with van der Waals surface area (Å²) in [6.45, 7) is 0. The Balaban J connectivity index is 0.00000169. The second-order valence-electron chi connectivity index (χ2n) is 5.28. The number of phenols is 1. The van der Waals surface area contributed by atoms with E-state index >= 15 is 0 Å². The van der Waals surface area contributed by atoms with Gasteiger partial charge in [0.25, 0.3) is 0 Å². The van der Waals surface area contributed by atoms with Crippen LogP contribution in [-0.4, -0.2) is 5.11 Å². The van der Waals surface area contributed by atoms with Gasteiger partial charge in [-0.15, -0.1) is 24.2 Å². The quantitative estimate of drug-likeness (QED) is 0.453. The average molecular weight is 399 g/mol. The summed E-state index contributed by atoms with van der Waals surface area (Å²) in [4.78, 5) is 0.981. The highest BCUT2D eigenvalue weighted by atomic mass is 35.5. The van der Waals surface area contributed by atoms with Crippen molar-refractivity contribution in [1.29, 1.82) is 0 Å². The maximum atomic E-state index is 9.99. The van der Waals surface area contributed by atoms with Gasteiger partial charge in [-0.1, -0.05) is 23.2 Å². The van der Waals surface area contributed by atoms with E-state index in [1.165, 1.54) is 0 Å². The van der Waals surface area contributed by atoms with E-state index in [0.29, 0.717) is 15.6 Å². The molecule has 0 bridgehead atoms. The van der Waals surface area contributed by atoms with Gasteiger partial charge in [0.1, 0.15) is 10.7 Å². The molecule has 0 aliphatic carbocycles. The molecule has 2 nitrogen and oxygen atoms in total. The molecule has 2 aromatic carbocycles. The van der Waals surface area contributed by atoms with Crippen molar-refractivity contribution < 1.29 is 9.52 Å². The van der Waals surface area contributed by atoms with Crippen LogP contribution in [0.15, 0.2) is 46.9 Å². The lowest BCUT2D eigenvalue weighted by Gasteiger charge is -2.00. The van der Waals surface area contributed by atoms with Gasteiger partial charge in [0, 0.05) is 27.4 Å². The largest absolute Gasteiger partial charge is 0.507 e. The number of hydrogen-bond acceptors (Lipinski definition) is 2. The average Bonchev–Trinajstić information content (AvgIpc) is 2.91. The Morgan fingerprint density at radius 1 is 1.04 bits per heavy atom. The second-order valence-corrected chi connectivity index (χ2v) is 7.17. The molecule has 1 aromatic heterocycles. The van der Waals surface area contributed by atoms with Crippen LogP contribution in [0.5, 0.6) is 5.75 Å². The molecule has 1 N–H and O–H groups in total. The lowest BCUT2D eigenvalue weighted by molar-refractivity contribution is 0.474. The first kappa shape index (κ1) is 17.4. The molecule has 4 rings (SSSR count). The first-order valence-electron chi connectivity index (χ1n) is 6.99. The van der Waals surface area contributed by atoms with Crippen molar-refractivity contribution in [3.05, 3.63) is 69.4 Å². The molecule has 0 spiro atoms. The van der Waals surface area contributed by atoms with E-state index in [1.807, 2.05) is 24.3 Å². The van der Waals surface area contributed by atoms with Crippen molar-refractivity contribution in [3.8, 4) is 5.75 Å². The first-order valence-corrected chi connectivity index (χ1v) is 8.73. The highest BCUT2D eigenvalue weighted by Crippen LogP contribution is 2.44. The minimum Gasteiger partial charge on any atom is -0.507 e. The normalized spacial score (nSPS) is 14.7. The summed E-state index contributed by atoms with van der Waals surface area (Å²) in [5.74, 6) is 1.86. The van der Waals surface area contributed by atoms with E-state index < -0.39 is 0 Å². The number of hydrogen-bond donors (Lipinski definition) is 1. The molecule has 3 aromatic rings. The third-order valence-electron chi connectivity index (χ3n) is 3.69. The van der Waals surface area contributed by atoms with E-state index in [0.717, 1.165) is 33.0 Å². The van der Waals surface area contributed by atoms with Crippen LogP contribution in [0, 0.1) is 0 Å². The third-order valence-corrected chi connectivity index (χ3v) is 5.23. The molecular weight excluding hydrogens is 387 g/mol. The topological polar surface area (TPSA) is 31.5 Å². The minimum absolute atomic E-state index is 0. The van der Waals surface area contributed by atoms with Crippen molar-refractivity contribution in [1.82, 2.24) is 0 Å². The number of aromatic hydroxyl groups is 1. The summed E-state index contributed by atoms with van der Waals surface area (Å²) in [6, 6.07) is 12.7. The Morgan fingerprint density at radius 2 is 1.79 bits per heavy atom. The number of benzene rings is 2. The zero-order valence-electron chi connectivity index (χ0n) is 12.3. The maximum absolute atomic E-state index is 9.99. The van der Waals surface area contributed by atoms with Crippen molar-refractivity contribution in [3.63, 3.8) is 0 Å². The van der Waals surface area contributed by atoms with Gasteiger partial charge < -0.3 is 5.11 Å². The lowest BCUT2D eigenvalue weighted by Crippen LogP contribution is -1.84. The van der Waals surface area contributed by atoms with Crippen LogP contribution in [0.4, 0.5) is 0 Å². The number of halogens is 3. The predicted octanol–water partition coefficient (Wildman–Crippen LogP) is 6.89. The molecule has 1 aliphatic heterocycles. The monoisotopic (exact) mass is 397 g/mol. The van der Waals surface area contributed by atoms with Crippen LogP contribution in [0.2, 0.25) is 10.0 Å². The van der Waals surface area contributed by atoms with Gasteiger partial charge in [-0.05, 0) is 42.5 Å². The molecule has 0 atom stereocenters. The molecular formula is C18H12Cl3O2S+. The zero-order chi connectivity index (χ0) is 16.0. The molecule has 0 amide bonds. The molecule has 0 unspecified atom stereocenters. The van der Waals surface area contributed by atoms with E-state index in [4.69, 9.17) is 27.6 Å². The van der Waals surface area contributed by atoms with Gasteiger partial charge in [0.05, 0.1) is 10.9 Å². The number of phenolic OH excluding ortho intramolecular Hbond substituents is 1. The molecule has 2 heterocycles. The Bertz CT molecular complexity index is 970. The van der Waals surface area contributed by atoms with Crippen LogP contribution in [0.3, 0.4) is 0 Å². The summed E-state index contributed by atoms with van der Waals surface area (Å²) in [5.41, 5.74) is 2.59. The smallest absolute Gasteiger partial charge is 0.371 e. The van der Waals surface area contributed by atoms with Crippen molar-refractivity contribution in [2.45, 2.75) is 5.75 Å². The van der Waals surface area contributed by atoms with Gasteiger partial charge in [-0.2, -0.15) is 0 Å². The summed E-state index contributed by atoms with van der Waals surface area (Å²) in [5, 5.41) is 12.3. The second kappa shape index (κ2) is 6.85. The molecule has 6 heteroatoms. The first-order chi connectivity index (χ1) is 11.1. The van der Waals surface area contributed by atoms with Crippen LogP contribution >= 0.6 is 47.4 Å².